The minimum Gasteiger partial charge on any atom is -0.497 e. The number of hydrogen-bond donors (Lipinski definition) is 0. The molecular formula is C18H17N3O4S. The van der Waals surface area contributed by atoms with Gasteiger partial charge in [-0.3, -0.25) is 14.9 Å². The number of para-hydroxylation sites is 1. The van der Waals surface area contributed by atoms with E-state index in [1.165, 1.54) is 29.5 Å². The average Bonchev–Trinajstić information content (AvgIpc) is 2.98. The minimum absolute atomic E-state index is 0.0180. The van der Waals surface area contributed by atoms with E-state index in [1.807, 2.05) is 29.7 Å². The summed E-state index contributed by atoms with van der Waals surface area (Å²) in [5.74, 6) is 0.0969. The third kappa shape index (κ3) is 3.36. The van der Waals surface area contributed by atoms with E-state index in [2.05, 4.69) is 4.99 Å². The first-order valence-corrected chi connectivity index (χ1v) is 8.86. The van der Waals surface area contributed by atoms with Crippen molar-refractivity contribution in [2.45, 2.75) is 19.9 Å². The number of thiazole rings is 1. The van der Waals surface area contributed by atoms with Crippen LogP contribution in [0.5, 0.6) is 5.75 Å². The highest BCUT2D eigenvalue weighted by Gasteiger charge is 2.19. The lowest BCUT2D eigenvalue weighted by atomic mass is 10.2. The third-order valence-corrected chi connectivity index (χ3v) is 4.91. The summed E-state index contributed by atoms with van der Waals surface area (Å²) in [6.45, 7) is 2.73. The molecule has 1 heterocycles. The molecule has 3 rings (SSSR count). The Morgan fingerprint density at radius 1 is 1.31 bits per heavy atom. The number of carbonyl (C=O) groups excluding carboxylic acids is 1. The van der Waals surface area contributed by atoms with Crippen molar-refractivity contribution in [1.82, 2.24) is 4.57 Å². The van der Waals surface area contributed by atoms with Crippen LogP contribution in [-0.4, -0.2) is 22.5 Å². The van der Waals surface area contributed by atoms with E-state index in [9.17, 15) is 14.9 Å². The van der Waals surface area contributed by atoms with E-state index in [-0.39, 0.29) is 11.3 Å². The Balaban J connectivity index is 2.16. The summed E-state index contributed by atoms with van der Waals surface area (Å²) in [5.41, 5.74) is 0.688. The molecule has 8 heteroatoms. The van der Waals surface area contributed by atoms with Gasteiger partial charge in [0.2, 0.25) is 0 Å². The second kappa shape index (κ2) is 7.49. The number of carbonyl (C=O) groups is 1. The normalized spacial score (nSPS) is 11.7. The fourth-order valence-electron chi connectivity index (χ4n) is 2.67. The van der Waals surface area contributed by atoms with E-state index in [4.69, 9.17) is 4.74 Å². The Labute approximate surface area is 153 Å². The number of nitro benzene ring substituents is 1. The van der Waals surface area contributed by atoms with Gasteiger partial charge in [0.1, 0.15) is 11.3 Å². The lowest BCUT2D eigenvalue weighted by Crippen LogP contribution is -2.17. The summed E-state index contributed by atoms with van der Waals surface area (Å²) in [6.07, 6.45) is 0.866. The van der Waals surface area contributed by atoms with E-state index in [0.717, 1.165) is 22.4 Å². The largest absolute Gasteiger partial charge is 0.497 e. The first-order chi connectivity index (χ1) is 12.5. The molecule has 3 aromatic rings. The van der Waals surface area contributed by atoms with Gasteiger partial charge < -0.3 is 9.30 Å². The average molecular weight is 371 g/mol. The van der Waals surface area contributed by atoms with Crippen LogP contribution in [0, 0.1) is 10.1 Å². The second-order valence-corrected chi connectivity index (χ2v) is 6.57. The van der Waals surface area contributed by atoms with Gasteiger partial charge in [0.15, 0.2) is 4.80 Å². The number of rotatable bonds is 5. The zero-order chi connectivity index (χ0) is 18.7. The number of methoxy groups -OCH3 is 1. The van der Waals surface area contributed by atoms with Gasteiger partial charge in [-0.1, -0.05) is 30.4 Å². The summed E-state index contributed by atoms with van der Waals surface area (Å²) >= 11 is 1.36. The molecule has 0 saturated heterocycles. The maximum absolute atomic E-state index is 12.6. The fourth-order valence-corrected chi connectivity index (χ4v) is 3.75. The highest BCUT2D eigenvalue weighted by molar-refractivity contribution is 7.16. The van der Waals surface area contributed by atoms with Gasteiger partial charge in [-0.05, 0) is 30.7 Å². The maximum Gasteiger partial charge on any atom is 0.286 e. The van der Waals surface area contributed by atoms with Gasteiger partial charge in [-0.25, -0.2) is 0 Å². The molecule has 0 saturated carbocycles. The molecule has 0 unspecified atom stereocenters. The fraction of sp³-hybridized carbons (Fsp3) is 0.222. The van der Waals surface area contributed by atoms with E-state index in [1.54, 1.807) is 13.2 Å². The Morgan fingerprint density at radius 3 is 2.77 bits per heavy atom. The number of nitrogens with zero attached hydrogens (tertiary/aromatic N) is 3. The van der Waals surface area contributed by atoms with E-state index < -0.39 is 10.8 Å². The first-order valence-electron chi connectivity index (χ1n) is 8.05. The highest BCUT2D eigenvalue weighted by Crippen LogP contribution is 2.24. The molecule has 0 spiro atoms. The predicted molar refractivity (Wildman–Crippen MR) is 99.6 cm³/mol. The van der Waals surface area contributed by atoms with Gasteiger partial charge in [-0.15, -0.1) is 0 Å². The zero-order valence-corrected chi connectivity index (χ0v) is 15.2. The Hall–Kier alpha value is -3.00. The third-order valence-electron chi connectivity index (χ3n) is 3.87. The monoisotopic (exact) mass is 371 g/mol. The number of hydrogen-bond acceptors (Lipinski definition) is 5. The topological polar surface area (TPSA) is 86.7 Å². The number of benzene rings is 2. The Morgan fingerprint density at radius 2 is 2.08 bits per heavy atom. The molecule has 1 amide bonds. The highest BCUT2D eigenvalue weighted by atomic mass is 32.1. The minimum atomic E-state index is -0.624. The molecule has 7 nitrogen and oxygen atoms in total. The van der Waals surface area contributed by atoms with Gasteiger partial charge in [0.05, 0.1) is 22.2 Å². The van der Waals surface area contributed by atoms with Gasteiger partial charge in [-0.2, -0.15) is 4.99 Å². The first kappa shape index (κ1) is 17.8. The molecule has 0 aliphatic heterocycles. The molecular weight excluding hydrogens is 354 g/mol. The van der Waals surface area contributed by atoms with Crippen molar-refractivity contribution in [2.24, 2.45) is 4.99 Å². The van der Waals surface area contributed by atoms with Crippen LogP contribution in [-0.2, 0) is 6.54 Å². The standard InChI is InChI=1S/C18H17N3O4S/c1-3-10-20-15-9-8-12(25-2)11-16(15)26-18(20)19-17(22)13-6-4-5-7-14(13)21(23)24/h4-9,11H,3,10H2,1-2H3. The number of amides is 1. The number of aromatic nitrogens is 1. The van der Waals surface area contributed by atoms with Crippen LogP contribution < -0.4 is 9.54 Å². The second-order valence-electron chi connectivity index (χ2n) is 5.56. The van der Waals surface area contributed by atoms with Crippen molar-refractivity contribution < 1.29 is 14.5 Å². The molecule has 134 valence electrons. The quantitative estimate of drug-likeness (QED) is 0.504. The molecule has 1 aromatic heterocycles. The van der Waals surface area contributed by atoms with Crippen molar-refractivity contribution in [2.75, 3.05) is 7.11 Å². The van der Waals surface area contributed by atoms with Crippen molar-refractivity contribution in [1.29, 1.82) is 0 Å². The lowest BCUT2D eigenvalue weighted by molar-refractivity contribution is -0.385. The van der Waals surface area contributed by atoms with Crippen LogP contribution in [0.25, 0.3) is 10.2 Å². The molecule has 0 bridgehead atoms. The Bertz CT molecular complexity index is 1050. The van der Waals surface area contributed by atoms with Gasteiger partial charge >= 0.3 is 0 Å². The Kier molecular flexibility index (Phi) is 5.13. The number of ether oxygens (including phenoxy) is 1. The van der Waals surface area contributed by atoms with Crippen LogP contribution in [0.1, 0.15) is 23.7 Å². The van der Waals surface area contributed by atoms with E-state index >= 15 is 0 Å². The van der Waals surface area contributed by atoms with Crippen molar-refractivity contribution >= 4 is 33.1 Å². The number of nitro groups is 1. The van der Waals surface area contributed by atoms with Crippen LogP contribution in [0.3, 0.4) is 0 Å². The molecule has 0 atom stereocenters. The summed E-state index contributed by atoms with van der Waals surface area (Å²) < 4.78 is 8.14. The molecule has 2 aromatic carbocycles. The lowest BCUT2D eigenvalue weighted by Gasteiger charge is -2.03. The smallest absolute Gasteiger partial charge is 0.286 e. The number of aryl methyl sites for hydroxylation is 1. The van der Waals surface area contributed by atoms with Crippen molar-refractivity contribution in [3.63, 3.8) is 0 Å². The van der Waals surface area contributed by atoms with Crippen LogP contribution in [0.2, 0.25) is 0 Å². The molecule has 0 aliphatic rings. The molecule has 0 radical (unpaired) electrons. The van der Waals surface area contributed by atoms with Gasteiger partial charge in [0, 0.05) is 12.6 Å². The van der Waals surface area contributed by atoms with Crippen LogP contribution in [0.15, 0.2) is 47.5 Å². The number of fused-ring (bicyclic) bond motifs is 1. The summed E-state index contributed by atoms with van der Waals surface area (Å²) in [4.78, 5) is 27.9. The zero-order valence-electron chi connectivity index (χ0n) is 14.3. The van der Waals surface area contributed by atoms with Crippen molar-refractivity contribution in [3.05, 3.63) is 62.9 Å². The summed E-state index contributed by atoms with van der Waals surface area (Å²) in [6, 6.07) is 11.5. The van der Waals surface area contributed by atoms with Crippen molar-refractivity contribution in [3.8, 4) is 5.75 Å². The molecule has 0 N–H and O–H groups in total. The molecule has 26 heavy (non-hydrogen) atoms. The SMILES string of the molecule is CCCn1c(=NC(=O)c2ccccc2[N+](=O)[O-])sc2cc(OC)ccc21. The van der Waals surface area contributed by atoms with Gasteiger partial charge in [0.25, 0.3) is 11.6 Å². The van der Waals surface area contributed by atoms with E-state index in [0.29, 0.717) is 11.3 Å². The summed E-state index contributed by atoms with van der Waals surface area (Å²) in [5, 5.41) is 11.2. The molecule has 0 aliphatic carbocycles. The van der Waals surface area contributed by atoms with Crippen LogP contribution in [0.4, 0.5) is 5.69 Å². The summed E-state index contributed by atoms with van der Waals surface area (Å²) in [7, 11) is 1.60. The predicted octanol–water partition coefficient (Wildman–Crippen LogP) is 3.77. The van der Waals surface area contributed by atoms with Crippen LogP contribution >= 0.6 is 11.3 Å². The molecule has 0 fully saturated rings. The maximum atomic E-state index is 12.6.